The molecule has 1 amide bonds. The Labute approximate surface area is 384 Å². The number of nitrogens with two attached hydrogens (primary N) is 1. The van der Waals surface area contributed by atoms with E-state index in [2.05, 4.69) is 125 Å². The predicted octanol–water partition coefficient (Wildman–Crippen LogP) is 12.1. The molecule has 6 unspecified atom stereocenters. The van der Waals surface area contributed by atoms with Crippen LogP contribution in [0.3, 0.4) is 0 Å². The van der Waals surface area contributed by atoms with E-state index in [-0.39, 0.29) is 57.6 Å². The van der Waals surface area contributed by atoms with E-state index in [1.807, 2.05) is 27.7 Å². The number of Topliss-reactive ketones (excluding diaryl/α,β-unsaturated/α-hetero) is 1. The third kappa shape index (κ3) is 10.9. The van der Waals surface area contributed by atoms with Crippen LogP contribution in [0.2, 0.25) is 36.3 Å². The molecule has 354 valence electrons. The molecule has 1 aliphatic heterocycles. The molecule has 1 aromatic heterocycles. The van der Waals surface area contributed by atoms with Gasteiger partial charge in [0.15, 0.2) is 16.6 Å². The van der Waals surface area contributed by atoms with E-state index in [4.69, 9.17) is 14.6 Å². The molecule has 1 aromatic rings. The number of carbonyl (C=O) groups is 2. The third-order valence-electron chi connectivity index (χ3n) is 17.0. The zero-order valence-electron chi connectivity index (χ0n) is 42.4. The minimum absolute atomic E-state index is 0.00678. The first-order chi connectivity index (χ1) is 28.0. The van der Waals surface area contributed by atoms with Gasteiger partial charge in [-0.25, -0.2) is 17.7 Å². The van der Waals surface area contributed by atoms with Crippen molar-refractivity contribution in [1.29, 1.82) is 0 Å². The van der Waals surface area contributed by atoms with Crippen LogP contribution < -0.4 is 5.73 Å². The lowest BCUT2D eigenvalue weighted by atomic mass is 9.69. The van der Waals surface area contributed by atoms with Gasteiger partial charge in [-0.05, 0) is 125 Å². The summed E-state index contributed by atoms with van der Waals surface area (Å²) in [6.07, 6.45) is 9.08. The van der Waals surface area contributed by atoms with Crippen LogP contribution in [-0.4, -0.2) is 76.1 Å². The Hall–Kier alpha value is -1.49. The highest BCUT2D eigenvalue weighted by Gasteiger charge is 2.72. The molecule has 9 nitrogen and oxygen atoms in total. The summed E-state index contributed by atoms with van der Waals surface area (Å²) in [5.74, 6) is -0.442. The smallest absolute Gasteiger partial charge is 0.238 e. The number of ketones is 1. The first-order valence-corrected chi connectivity index (χ1v) is 31.8. The van der Waals surface area contributed by atoms with Gasteiger partial charge in [0.1, 0.15) is 5.78 Å². The number of aromatic nitrogens is 1. The molecule has 0 radical (unpaired) electrons. The first-order valence-electron chi connectivity index (χ1n) is 23.5. The second kappa shape index (κ2) is 18.7. The van der Waals surface area contributed by atoms with Crippen molar-refractivity contribution in [1.82, 2.24) is 9.29 Å². The van der Waals surface area contributed by atoms with Crippen LogP contribution in [0.4, 0.5) is 0 Å². The standard InChI is InChI=1S/C49H87N3O6S2Si2/c1-32(23-24-39(50)34(3)27-38-30-59-36(5)51-38)21-20-22-33(2)43(58-62(18,19)46(9,10)11)35(4)44(54)47(12,13)41(57-61(16,17)45(6,7)8)29-42(53)52-40-28-37-25-26-49(40,48(37,14)15)31-60(52,55)56/h23,27,30,33,35,37,39-41,43H,20-22,24-26,28-29,31,50H2,1-19H3/b32-23-,34-27+/t33?,35?,37?,39-,40?,41?,43-,49?/m0/s1. The summed E-state index contributed by atoms with van der Waals surface area (Å²) in [5.41, 5.74) is 8.26. The largest absolute Gasteiger partial charge is 0.413 e. The van der Waals surface area contributed by atoms with E-state index in [9.17, 15) is 13.2 Å². The van der Waals surface area contributed by atoms with Gasteiger partial charge >= 0.3 is 0 Å². The summed E-state index contributed by atoms with van der Waals surface area (Å²) < 4.78 is 43.8. The highest BCUT2D eigenvalue weighted by atomic mass is 32.2. The first kappa shape index (κ1) is 53.1. The fraction of sp³-hybridized carbons (Fsp3) is 0.816. The number of thiazole rings is 1. The van der Waals surface area contributed by atoms with Gasteiger partial charge in [0.25, 0.3) is 0 Å². The molecule has 0 aromatic carbocycles. The molecule has 62 heavy (non-hydrogen) atoms. The molecule has 1 spiro atoms. The number of amides is 1. The summed E-state index contributed by atoms with van der Waals surface area (Å²) in [7, 11) is -8.73. The van der Waals surface area contributed by atoms with Gasteiger partial charge in [-0.15, -0.1) is 11.3 Å². The van der Waals surface area contributed by atoms with Gasteiger partial charge in [0, 0.05) is 28.2 Å². The fourth-order valence-electron chi connectivity index (χ4n) is 10.2. The SMILES string of the molecule is C/C(=C/C[C@H](N)/C(C)=C/c1csc(C)n1)CCCC(C)[C@H](O[Si](C)(C)C(C)(C)C)C(C)C(=O)C(C)(C)C(CC(=O)N1C2CC3CCC2(CS1(=O)=O)C3(C)C)O[Si](C)(C)C(C)(C)C. The zero-order chi connectivity index (χ0) is 47.4. The molecular weight excluding hydrogens is 847 g/mol. The minimum atomic E-state index is -3.83. The number of hydrogen-bond donors (Lipinski definition) is 1. The second-order valence-electron chi connectivity index (χ2n) is 24.0. The van der Waals surface area contributed by atoms with Crippen molar-refractivity contribution in [3.63, 3.8) is 0 Å². The van der Waals surface area contributed by atoms with Crippen LogP contribution in [0.25, 0.3) is 6.08 Å². The third-order valence-corrected chi connectivity index (χ3v) is 28.6. The van der Waals surface area contributed by atoms with Gasteiger partial charge < -0.3 is 14.6 Å². The molecular formula is C49H87N3O6S2Si2. The van der Waals surface area contributed by atoms with Crippen molar-refractivity contribution in [2.75, 3.05) is 5.75 Å². The summed E-state index contributed by atoms with van der Waals surface area (Å²) in [4.78, 5) is 34.6. The van der Waals surface area contributed by atoms with Crippen molar-refractivity contribution in [3.8, 4) is 0 Å². The molecule has 2 bridgehead atoms. The second-order valence-corrected chi connectivity index (χ2v) is 36.5. The lowest BCUT2D eigenvalue weighted by Crippen LogP contribution is -2.55. The number of aryl methyl sites for hydroxylation is 1. The molecule has 13 heteroatoms. The summed E-state index contributed by atoms with van der Waals surface area (Å²) in [6, 6.07) is -0.415. The monoisotopic (exact) mass is 934 g/mol. The van der Waals surface area contributed by atoms with Gasteiger partial charge in [0.2, 0.25) is 15.9 Å². The average molecular weight is 935 g/mol. The number of sulfonamides is 1. The van der Waals surface area contributed by atoms with Crippen molar-refractivity contribution >= 4 is 55.8 Å². The van der Waals surface area contributed by atoms with Crippen molar-refractivity contribution < 1.29 is 26.9 Å². The number of allylic oxidation sites excluding steroid dienone is 1. The topological polar surface area (TPSA) is 129 Å². The Morgan fingerprint density at radius 1 is 1.02 bits per heavy atom. The molecule has 3 aliphatic rings. The van der Waals surface area contributed by atoms with E-state index in [1.165, 1.54) is 9.88 Å². The fourth-order valence-corrected chi connectivity index (χ4v) is 16.3. The number of hydrogen-bond acceptors (Lipinski definition) is 9. The lowest BCUT2D eigenvalue weighted by molar-refractivity contribution is -0.143. The van der Waals surface area contributed by atoms with Crippen LogP contribution in [0, 0.1) is 40.9 Å². The van der Waals surface area contributed by atoms with Gasteiger partial charge in [-0.2, -0.15) is 0 Å². The lowest BCUT2D eigenvalue weighted by Gasteiger charge is -2.46. The number of rotatable bonds is 19. The Balaban J connectivity index is 1.58. The molecule has 2 N–H and O–H groups in total. The van der Waals surface area contributed by atoms with Crippen LogP contribution in [0.5, 0.6) is 0 Å². The Morgan fingerprint density at radius 3 is 2.13 bits per heavy atom. The molecule has 4 rings (SSSR count). The summed E-state index contributed by atoms with van der Waals surface area (Å²) in [6.45, 7) is 40.6. The van der Waals surface area contributed by atoms with Crippen molar-refractivity contribution in [3.05, 3.63) is 33.3 Å². The van der Waals surface area contributed by atoms with Crippen LogP contribution in [0.1, 0.15) is 159 Å². The van der Waals surface area contributed by atoms with Crippen LogP contribution in [-0.2, 0) is 28.5 Å². The van der Waals surface area contributed by atoms with Crippen LogP contribution >= 0.6 is 11.3 Å². The molecule has 3 fully saturated rings. The Kier molecular flexibility index (Phi) is 16.0. The van der Waals surface area contributed by atoms with Crippen LogP contribution in [0.15, 0.2) is 22.6 Å². The average Bonchev–Trinajstić information content (AvgIpc) is 3.78. The maximum Gasteiger partial charge on any atom is 0.238 e. The molecule has 2 aliphatic carbocycles. The maximum atomic E-state index is 15.3. The molecule has 2 saturated carbocycles. The predicted molar refractivity (Wildman–Crippen MR) is 265 cm³/mol. The molecule has 8 atom stereocenters. The van der Waals surface area contributed by atoms with Gasteiger partial charge in [0.05, 0.1) is 41.1 Å². The number of fused-ring (bicyclic) bond motifs is 1. The Morgan fingerprint density at radius 2 is 1.60 bits per heavy atom. The minimum Gasteiger partial charge on any atom is -0.413 e. The Bertz CT molecular complexity index is 1960. The molecule has 1 saturated heterocycles. The quantitative estimate of drug-likeness (QED) is 0.107. The van der Waals surface area contributed by atoms with Gasteiger partial charge in [-0.1, -0.05) is 100 Å². The highest BCUT2D eigenvalue weighted by molar-refractivity contribution is 7.90. The molecule has 2 heterocycles. The normalized spacial score (nSPS) is 25.7. The number of nitrogens with zero attached hydrogens (tertiary/aromatic N) is 2. The van der Waals surface area contributed by atoms with Gasteiger partial charge in [-0.3, -0.25) is 9.59 Å². The van der Waals surface area contributed by atoms with E-state index < -0.39 is 55.4 Å². The summed E-state index contributed by atoms with van der Waals surface area (Å²) in [5, 5.41) is 2.83. The maximum absolute atomic E-state index is 15.3. The van der Waals surface area contributed by atoms with Crippen molar-refractivity contribution in [2.45, 2.75) is 216 Å². The van der Waals surface area contributed by atoms with E-state index in [1.54, 1.807) is 11.3 Å². The van der Waals surface area contributed by atoms with E-state index >= 15 is 4.79 Å². The summed E-state index contributed by atoms with van der Waals surface area (Å²) >= 11 is 1.64. The zero-order valence-corrected chi connectivity index (χ0v) is 46.0. The highest BCUT2D eigenvalue weighted by Crippen LogP contribution is 2.70. The van der Waals surface area contributed by atoms with E-state index in [0.29, 0.717) is 12.3 Å². The number of carbonyl (C=O) groups excluding carboxylic acids is 2. The van der Waals surface area contributed by atoms with Crippen molar-refractivity contribution in [2.24, 2.45) is 39.7 Å². The van der Waals surface area contributed by atoms with E-state index in [0.717, 1.165) is 54.8 Å².